The van der Waals surface area contributed by atoms with Crippen molar-refractivity contribution in [3.05, 3.63) is 47.4 Å². The molecule has 1 N–H and O–H groups in total. The van der Waals surface area contributed by atoms with Gasteiger partial charge in [0.25, 0.3) is 0 Å². The summed E-state index contributed by atoms with van der Waals surface area (Å²) in [6, 6.07) is 11.5. The molecular weight excluding hydrogens is 266 g/mol. The van der Waals surface area contributed by atoms with Gasteiger partial charge in [0.05, 0.1) is 19.3 Å². The van der Waals surface area contributed by atoms with Crippen molar-refractivity contribution < 1.29 is 9.15 Å². The minimum absolute atomic E-state index is 0.320. The summed E-state index contributed by atoms with van der Waals surface area (Å²) in [4.78, 5) is 2.11. The molecule has 21 heavy (non-hydrogen) atoms. The molecule has 1 aromatic carbocycles. The lowest BCUT2D eigenvalue weighted by atomic mass is 10.1. The number of nitriles is 1. The summed E-state index contributed by atoms with van der Waals surface area (Å²) in [6.45, 7) is 1.36. The van der Waals surface area contributed by atoms with Crippen LogP contribution in [-0.2, 0) is 13.1 Å². The first-order valence-corrected chi connectivity index (χ1v) is 6.66. The lowest BCUT2D eigenvalue weighted by Gasteiger charge is -2.14. The van der Waals surface area contributed by atoms with Gasteiger partial charge >= 0.3 is 0 Å². The van der Waals surface area contributed by atoms with Crippen LogP contribution in [0.2, 0.25) is 0 Å². The van der Waals surface area contributed by atoms with E-state index in [0.717, 1.165) is 18.0 Å². The van der Waals surface area contributed by atoms with E-state index in [9.17, 15) is 0 Å². The molecule has 2 aromatic rings. The summed E-state index contributed by atoms with van der Waals surface area (Å²) in [7, 11) is 5.71. The zero-order chi connectivity index (χ0) is 15.2. The third-order valence-electron chi connectivity index (χ3n) is 2.99. The first-order valence-electron chi connectivity index (χ1n) is 6.66. The van der Waals surface area contributed by atoms with Gasteiger partial charge in [-0.25, -0.2) is 0 Å². The molecule has 0 radical (unpaired) electrons. The van der Waals surface area contributed by atoms with Crippen LogP contribution >= 0.6 is 0 Å². The Hall–Kier alpha value is -2.45. The van der Waals surface area contributed by atoms with Crippen molar-refractivity contribution in [2.45, 2.75) is 13.1 Å². The number of hydrogen-bond acceptors (Lipinski definition) is 5. The molecule has 0 unspecified atom stereocenters. The van der Waals surface area contributed by atoms with E-state index in [2.05, 4.69) is 16.3 Å². The van der Waals surface area contributed by atoms with Gasteiger partial charge in [-0.05, 0) is 43.9 Å². The number of benzene rings is 1. The van der Waals surface area contributed by atoms with Gasteiger partial charge in [0.2, 0.25) is 5.76 Å². The van der Waals surface area contributed by atoms with Gasteiger partial charge in [-0.2, -0.15) is 5.26 Å². The van der Waals surface area contributed by atoms with Gasteiger partial charge in [-0.1, -0.05) is 6.07 Å². The molecule has 0 fully saturated rings. The average Bonchev–Trinajstić information content (AvgIpc) is 2.92. The van der Waals surface area contributed by atoms with E-state index in [0.29, 0.717) is 18.1 Å². The first-order chi connectivity index (χ1) is 10.1. The zero-order valence-corrected chi connectivity index (χ0v) is 12.5. The maximum Gasteiger partial charge on any atom is 0.203 e. The lowest BCUT2D eigenvalue weighted by Crippen LogP contribution is -2.11. The summed E-state index contributed by atoms with van der Waals surface area (Å²) in [5.41, 5.74) is 2.10. The number of hydrogen-bond donors (Lipinski definition) is 1. The highest BCUT2D eigenvalue weighted by Gasteiger charge is 2.07. The summed E-state index contributed by atoms with van der Waals surface area (Å²) in [5.74, 6) is 1.82. The monoisotopic (exact) mass is 285 g/mol. The second-order valence-electron chi connectivity index (χ2n) is 5.00. The van der Waals surface area contributed by atoms with E-state index < -0.39 is 0 Å². The molecule has 5 nitrogen and oxygen atoms in total. The number of rotatable bonds is 6. The molecule has 0 saturated carbocycles. The van der Waals surface area contributed by atoms with Gasteiger partial charge in [-0.3, -0.25) is 0 Å². The summed E-state index contributed by atoms with van der Waals surface area (Å²) in [6.07, 6.45) is 0. The molecule has 0 bridgehead atoms. The molecule has 0 aliphatic carbocycles. The summed E-state index contributed by atoms with van der Waals surface area (Å²) >= 11 is 0. The van der Waals surface area contributed by atoms with Crippen molar-refractivity contribution in [2.24, 2.45) is 0 Å². The van der Waals surface area contributed by atoms with Gasteiger partial charge in [-0.15, -0.1) is 0 Å². The van der Waals surface area contributed by atoms with E-state index in [-0.39, 0.29) is 0 Å². The Balaban J connectivity index is 2.11. The maximum absolute atomic E-state index is 8.75. The largest absolute Gasteiger partial charge is 0.495 e. The Kier molecular flexibility index (Phi) is 4.85. The smallest absolute Gasteiger partial charge is 0.203 e. The molecule has 0 aliphatic rings. The molecule has 110 valence electrons. The number of methoxy groups -OCH3 is 1. The van der Waals surface area contributed by atoms with E-state index in [1.54, 1.807) is 19.2 Å². The number of nitrogens with zero attached hydrogens (tertiary/aromatic N) is 2. The molecule has 0 amide bonds. The van der Waals surface area contributed by atoms with Crippen LogP contribution in [0.15, 0.2) is 34.7 Å². The van der Waals surface area contributed by atoms with E-state index in [1.807, 2.05) is 32.3 Å². The molecule has 5 heteroatoms. The highest BCUT2D eigenvalue weighted by atomic mass is 16.5. The van der Waals surface area contributed by atoms with Crippen LogP contribution in [0.4, 0.5) is 5.69 Å². The standard InChI is InChI=1S/C16H19N3O2/c1-19(2)11-12-4-7-16(20-3)15(8-12)18-10-14-6-5-13(9-17)21-14/h4-8,18H,10-11H2,1-3H3. The molecule has 1 heterocycles. The molecule has 0 aliphatic heterocycles. The van der Waals surface area contributed by atoms with Crippen molar-refractivity contribution in [3.63, 3.8) is 0 Å². The van der Waals surface area contributed by atoms with Gasteiger partial charge in [0, 0.05) is 6.54 Å². The van der Waals surface area contributed by atoms with Crippen molar-refractivity contribution >= 4 is 5.69 Å². The van der Waals surface area contributed by atoms with Crippen molar-refractivity contribution in [1.82, 2.24) is 4.90 Å². The fourth-order valence-electron chi connectivity index (χ4n) is 2.07. The molecular formula is C16H19N3O2. The Morgan fingerprint density at radius 1 is 1.29 bits per heavy atom. The number of anilines is 1. The minimum atomic E-state index is 0.320. The van der Waals surface area contributed by atoms with E-state index in [1.165, 1.54) is 5.56 Å². The summed E-state index contributed by atoms with van der Waals surface area (Å²) in [5, 5.41) is 12.0. The number of ether oxygens (including phenoxy) is 1. The second kappa shape index (κ2) is 6.82. The van der Waals surface area contributed by atoms with Crippen LogP contribution in [-0.4, -0.2) is 26.1 Å². The molecule has 0 saturated heterocycles. The van der Waals surface area contributed by atoms with Crippen molar-refractivity contribution in [3.8, 4) is 11.8 Å². The topological polar surface area (TPSA) is 61.4 Å². The van der Waals surface area contributed by atoms with E-state index >= 15 is 0 Å². The van der Waals surface area contributed by atoms with Gasteiger partial charge in [0.1, 0.15) is 17.6 Å². The molecule has 2 rings (SSSR count). The second-order valence-corrected chi connectivity index (χ2v) is 5.00. The fourth-order valence-corrected chi connectivity index (χ4v) is 2.07. The van der Waals surface area contributed by atoms with Gasteiger partial charge < -0.3 is 19.4 Å². The van der Waals surface area contributed by atoms with Crippen LogP contribution in [0, 0.1) is 11.3 Å². The summed E-state index contributed by atoms with van der Waals surface area (Å²) < 4.78 is 10.7. The Morgan fingerprint density at radius 3 is 2.71 bits per heavy atom. The van der Waals surface area contributed by atoms with Crippen LogP contribution < -0.4 is 10.1 Å². The Labute approximate surface area is 124 Å². The predicted molar refractivity (Wildman–Crippen MR) is 81.1 cm³/mol. The van der Waals surface area contributed by atoms with Crippen LogP contribution in [0.5, 0.6) is 5.75 Å². The SMILES string of the molecule is COc1ccc(CN(C)C)cc1NCc1ccc(C#N)o1. The lowest BCUT2D eigenvalue weighted by molar-refractivity contribution is 0.400. The Bertz CT molecular complexity index is 641. The average molecular weight is 285 g/mol. The first kappa shape index (κ1) is 14.9. The molecule has 0 spiro atoms. The minimum Gasteiger partial charge on any atom is -0.495 e. The highest BCUT2D eigenvalue weighted by molar-refractivity contribution is 5.58. The van der Waals surface area contributed by atoms with E-state index in [4.69, 9.17) is 14.4 Å². The van der Waals surface area contributed by atoms with Crippen LogP contribution in [0.25, 0.3) is 0 Å². The number of nitrogens with one attached hydrogen (secondary N) is 1. The highest BCUT2D eigenvalue weighted by Crippen LogP contribution is 2.26. The Morgan fingerprint density at radius 2 is 2.10 bits per heavy atom. The molecule has 0 atom stereocenters. The third kappa shape index (κ3) is 4.01. The normalized spacial score (nSPS) is 10.4. The van der Waals surface area contributed by atoms with Crippen LogP contribution in [0.1, 0.15) is 17.1 Å². The predicted octanol–water partition coefficient (Wildman–Crippen LogP) is 2.83. The fraction of sp³-hybridized carbons (Fsp3) is 0.312. The van der Waals surface area contributed by atoms with Crippen molar-refractivity contribution in [1.29, 1.82) is 5.26 Å². The van der Waals surface area contributed by atoms with Crippen LogP contribution in [0.3, 0.4) is 0 Å². The van der Waals surface area contributed by atoms with Gasteiger partial charge in [0.15, 0.2) is 0 Å². The zero-order valence-electron chi connectivity index (χ0n) is 12.5. The quantitative estimate of drug-likeness (QED) is 0.884. The maximum atomic E-state index is 8.75. The molecule has 1 aromatic heterocycles. The van der Waals surface area contributed by atoms with Crippen molar-refractivity contribution in [2.75, 3.05) is 26.5 Å². The third-order valence-corrected chi connectivity index (χ3v) is 2.99. The number of furan rings is 1.